The van der Waals surface area contributed by atoms with Crippen molar-refractivity contribution in [3.63, 3.8) is 0 Å². The predicted molar refractivity (Wildman–Crippen MR) is 120 cm³/mol. The van der Waals surface area contributed by atoms with Crippen molar-refractivity contribution in [2.45, 2.75) is 33.6 Å². The number of anilines is 2. The number of carbonyl (C=O) groups excluding carboxylic acids is 1. The number of piperazine rings is 1. The fourth-order valence-electron chi connectivity index (χ4n) is 3.65. The van der Waals surface area contributed by atoms with E-state index in [2.05, 4.69) is 41.1 Å². The summed E-state index contributed by atoms with van der Waals surface area (Å²) in [5.41, 5.74) is 4.41. The number of ether oxygens (including phenoxy) is 1. The third kappa shape index (κ3) is 6.23. The molecule has 1 fully saturated rings. The molecule has 1 saturated heterocycles. The van der Waals surface area contributed by atoms with Gasteiger partial charge >= 0.3 is 0 Å². The standard InChI is InChI=1S/C24H33N3O2/c1-4-26-12-14-27(15-13-26)21-10-11-23(20(3)18-21)25-24(28)9-6-16-29-22-8-5-7-19(2)17-22/h5,7-8,10-11,17-18H,4,6,9,12-16H2,1-3H3,(H,25,28). The summed E-state index contributed by atoms with van der Waals surface area (Å²) in [6.45, 7) is 12.3. The molecule has 3 rings (SSSR count). The van der Waals surface area contributed by atoms with E-state index in [0.717, 1.165) is 49.7 Å². The summed E-state index contributed by atoms with van der Waals surface area (Å²) in [5.74, 6) is 0.891. The van der Waals surface area contributed by atoms with Crippen molar-refractivity contribution in [3.8, 4) is 5.75 Å². The molecule has 0 radical (unpaired) electrons. The maximum absolute atomic E-state index is 12.3. The number of carbonyl (C=O) groups is 1. The normalized spacial score (nSPS) is 14.7. The van der Waals surface area contributed by atoms with Crippen LogP contribution < -0.4 is 15.0 Å². The predicted octanol–water partition coefficient (Wildman–Crippen LogP) is 4.24. The van der Waals surface area contributed by atoms with Gasteiger partial charge in [-0.3, -0.25) is 4.79 Å². The Labute approximate surface area is 174 Å². The van der Waals surface area contributed by atoms with Crippen LogP contribution in [0.5, 0.6) is 5.75 Å². The number of hydrogen-bond acceptors (Lipinski definition) is 4. The average molecular weight is 396 g/mol. The van der Waals surface area contributed by atoms with Gasteiger partial charge in [0.15, 0.2) is 0 Å². The quantitative estimate of drug-likeness (QED) is 0.679. The van der Waals surface area contributed by atoms with E-state index in [0.29, 0.717) is 19.4 Å². The van der Waals surface area contributed by atoms with Gasteiger partial charge in [-0.2, -0.15) is 0 Å². The number of nitrogens with zero attached hydrogens (tertiary/aromatic N) is 2. The zero-order valence-electron chi connectivity index (χ0n) is 17.9. The molecule has 0 unspecified atom stereocenters. The van der Waals surface area contributed by atoms with Crippen LogP contribution in [0.25, 0.3) is 0 Å². The molecule has 1 N–H and O–H groups in total. The van der Waals surface area contributed by atoms with Gasteiger partial charge in [0.2, 0.25) is 5.91 Å². The molecule has 0 atom stereocenters. The summed E-state index contributed by atoms with van der Waals surface area (Å²) in [4.78, 5) is 17.2. The van der Waals surface area contributed by atoms with Gasteiger partial charge in [-0.1, -0.05) is 19.1 Å². The fraction of sp³-hybridized carbons (Fsp3) is 0.458. The van der Waals surface area contributed by atoms with E-state index in [4.69, 9.17) is 4.74 Å². The second-order valence-corrected chi connectivity index (χ2v) is 7.74. The van der Waals surface area contributed by atoms with Gasteiger partial charge in [-0.15, -0.1) is 0 Å². The van der Waals surface area contributed by atoms with E-state index in [1.54, 1.807) is 0 Å². The molecule has 5 heteroatoms. The number of benzene rings is 2. The zero-order chi connectivity index (χ0) is 20.6. The van der Waals surface area contributed by atoms with Gasteiger partial charge < -0.3 is 19.9 Å². The van der Waals surface area contributed by atoms with Crippen molar-refractivity contribution >= 4 is 17.3 Å². The van der Waals surface area contributed by atoms with E-state index in [1.807, 2.05) is 37.3 Å². The largest absolute Gasteiger partial charge is 0.494 e. The van der Waals surface area contributed by atoms with E-state index >= 15 is 0 Å². The lowest BCUT2D eigenvalue weighted by atomic mass is 10.1. The first-order valence-corrected chi connectivity index (χ1v) is 10.6. The molecular formula is C24H33N3O2. The molecule has 1 aliphatic rings. The smallest absolute Gasteiger partial charge is 0.224 e. The van der Waals surface area contributed by atoms with Crippen molar-refractivity contribution in [1.82, 2.24) is 4.90 Å². The minimum absolute atomic E-state index is 0.0326. The molecule has 1 heterocycles. The second kappa shape index (κ2) is 10.3. The summed E-state index contributed by atoms with van der Waals surface area (Å²) < 4.78 is 5.72. The van der Waals surface area contributed by atoms with E-state index in [1.165, 1.54) is 11.3 Å². The Morgan fingerprint density at radius 3 is 2.55 bits per heavy atom. The van der Waals surface area contributed by atoms with Crippen LogP contribution in [0, 0.1) is 13.8 Å². The molecule has 1 aliphatic heterocycles. The fourth-order valence-corrected chi connectivity index (χ4v) is 3.65. The van der Waals surface area contributed by atoms with Crippen LogP contribution in [-0.4, -0.2) is 50.1 Å². The van der Waals surface area contributed by atoms with Gasteiger partial charge in [-0.05, 0) is 68.3 Å². The number of hydrogen-bond donors (Lipinski definition) is 1. The first kappa shape index (κ1) is 21.2. The molecule has 156 valence electrons. The highest BCUT2D eigenvalue weighted by atomic mass is 16.5. The Bertz CT molecular complexity index is 814. The van der Waals surface area contributed by atoms with E-state index < -0.39 is 0 Å². The van der Waals surface area contributed by atoms with Gasteiger partial charge in [0.05, 0.1) is 6.61 Å². The number of likely N-dealkylation sites (N-methyl/N-ethyl adjacent to an activating group) is 1. The van der Waals surface area contributed by atoms with Crippen molar-refractivity contribution in [3.05, 3.63) is 53.6 Å². The van der Waals surface area contributed by atoms with Gasteiger partial charge in [0.25, 0.3) is 0 Å². The molecule has 29 heavy (non-hydrogen) atoms. The highest BCUT2D eigenvalue weighted by Crippen LogP contribution is 2.24. The highest BCUT2D eigenvalue weighted by Gasteiger charge is 2.16. The van der Waals surface area contributed by atoms with Crippen molar-refractivity contribution in [2.75, 3.05) is 49.5 Å². The Kier molecular flexibility index (Phi) is 7.53. The third-order valence-corrected chi connectivity index (χ3v) is 5.48. The lowest BCUT2D eigenvalue weighted by molar-refractivity contribution is -0.116. The molecule has 0 saturated carbocycles. The molecule has 2 aromatic carbocycles. The van der Waals surface area contributed by atoms with Crippen molar-refractivity contribution < 1.29 is 9.53 Å². The van der Waals surface area contributed by atoms with Crippen LogP contribution >= 0.6 is 0 Å². The van der Waals surface area contributed by atoms with Crippen LogP contribution in [0.1, 0.15) is 30.9 Å². The highest BCUT2D eigenvalue weighted by molar-refractivity contribution is 5.91. The van der Waals surface area contributed by atoms with Crippen LogP contribution in [0.15, 0.2) is 42.5 Å². The topological polar surface area (TPSA) is 44.8 Å². The summed E-state index contributed by atoms with van der Waals surface area (Å²) in [5, 5.41) is 3.04. The minimum Gasteiger partial charge on any atom is -0.494 e. The minimum atomic E-state index is 0.0326. The van der Waals surface area contributed by atoms with Crippen LogP contribution in [0.4, 0.5) is 11.4 Å². The van der Waals surface area contributed by atoms with Crippen LogP contribution in [0.2, 0.25) is 0 Å². The summed E-state index contributed by atoms with van der Waals surface area (Å²) in [7, 11) is 0. The average Bonchev–Trinajstić information content (AvgIpc) is 2.73. The summed E-state index contributed by atoms with van der Waals surface area (Å²) in [6.07, 6.45) is 1.14. The number of aryl methyl sites for hydroxylation is 2. The Morgan fingerprint density at radius 2 is 1.86 bits per heavy atom. The molecule has 0 aromatic heterocycles. The number of rotatable bonds is 8. The molecule has 5 nitrogen and oxygen atoms in total. The van der Waals surface area contributed by atoms with Gasteiger partial charge in [-0.25, -0.2) is 0 Å². The van der Waals surface area contributed by atoms with Gasteiger partial charge in [0, 0.05) is 44.0 Å². The number of nitrogens with one attached hydrogen (secondary N) is 1. The third-order valence-electron chi connectivity index (χ3n) is 5.48. The number of amides is 1. The first-order valence-electron chi connectivity index (χ1n) is 10.6. The monoisotopic (exact) mass is 395 g/mol. The first-order chi connectivity index (χ1) is 14.0. The lowest BCUT2D eigenvalue weighted by Gasteiger charge is -2.35. The molecule has 1 amide bonds. The Hall–Kier alpha value is -2.53. The van der Waals surface area contributed by atoms with Crippen molar-refractivity contribution in [2.24, 2.45) is 0 Å². The van der Waals surface area contributed by atoms with Gasteiger partial charge in [0.1, 0.15) is 5.75 Å². The lowest BCUT2D eigenvalue weighted by Crippen LogP contribution is -2.46. The summed E-state index contributed by atoms with van der Waals surface area (Å²) in [6, 6.07) is 14.3. The summed E-state index contributed by atoms with van der Waals surface area (Å²) >= 11 is 0. The Morgan fingerprint density at radius 1 is 1.07 bits per heavy atom. The van der Waals surface area contributed by atoms with Crippen LogP contribution in [0.3, 0.4) is 0 Å². The molecule has 2 aromatic rings. The molecule has 0 aliphatic carbocycles. The molecular weight excluding hydrogens is 362 g/mol. The SMILES string of the molecule is CCN1CCN(c2ccc(NC(=O)CCCOc3cccc(C)c3)c(C)c2)CC1. The maximum atomic E-state index is 12.3. The Balaban J connectivity index is 1.44. The van der Waals surface area contributed by atoms with Crippen LogP contribution in [-0.2, 0) is 4.79 Å². The van der Waals surface area contributed by atoms with E-state index in [9.17, 15) is 4.79 Å². The maximum Gasteiger partial charge on any atom is 0.224 e. The zero-order valence-corrected chi connectivity index (χ0v) is 17.9. The second-order valence-electron chi connectivity index (χ2n) is 7.74. The molecule has 0 bridgehead atoms. The van der Waals surface area contributed by atoms with Crippen molar-refractivity contribution in [1.29, 1.82) is 0 Å². The van der Waals surface area contributed by atoms with E-state index in [-0.39, 0.29) is 5.91 Å². The molecule has 0 spiro atoms.